The van der Waals surface area contributed by atoms with Crippen molar-refractivity contribution in [3.05, 3.63) is 59.7 Å². The third kappa shape index (κ3) is 19.0. The highest BCUT2D eigenvalue weighted by molar-refractivity contribution is 5.74. The molecule has 5 aliphatic rings. The van der Waals surface area contributed by atoms with Crippen molar-refractivity contribution in [2.24, 2.45) is 47.3 Å². The van der Waals surface area contributed by atoms with Gasteiger partial charge in [-0.1, -0.05) is 97.4 Å². The second kappa shape index (κ2) is 30.5. The second-order valence-corrected chi connectivity index (χ2v) is 25.8. The van der Waals surface area contributed by atoms with Gasteiger partial charge in [-0.2, -0.15) is 0 Å². The summed E-state index contributed by atoms with van der Waals surface area (Å²) in [5.41, 5.74) is 1.76. The molecule has 5 aliphatic carbocycles. The molecule has 0 heterocycles. The van der Waals surface area contributed by atoms with E-state index in [2.05, 4.69) is 20.8 Å². The summed E-state index contributed by atoms with van der Waals surface area (Å²) in [6.45, 7) is 16.1. The predicted octanol–water partition coefficient (Wildman–Crippen LogP) is 16.8. The van der Waals surface area contributed by atoms with Gasteiger partial charge in [-0.3, -0.25) is 19.2 Å². The lowest BCUT2D eigenvalue weighted by Gasteiger charge is -2.32. The Labute approximate surface area is 465 Å². The highest BCUT2D eigenvalue weighted by Crippen LogP contribution is 2.59. The fourth-order valence-corrected chi connectivity index (χ4v) is 14.4. The zero-order chi connectivity index (χ0) is 55.5. The molecule has 10 nitrogen and oxygen atoms in total. The Morgan fingerprint density at radius 2 is 1.03 bits per heavy atom. The quantitative estimate of drug-likeness (QED) is 0.0624. The van der Waals surface area contributed by atoms with E-state index in [1.807, 2.05) is 58.9 Å². The van der Waals surface area contributed by atoms with Gasteiger partial charge in [-0.15, -0.1) is 0 Å². The zero-order valence-corrected chi connectivity index (χ0v) is 49.2. The number of carbonyl (C=O) groups is 4. The first kappa shape index (κ1) is 62.1. The van der Waals surface area contributed by atoms with Crippen LogP contribution in [0.25, 0.3) is 0 Å². The summed E-state index contributed by atoms with van der Waals surface area (Å²) in [5, 5.41) is 19.3. The van der Waals surface area contributed by atoms with Gasteiger partial charge in [0.05, 0.1) is 23.7 Å². The van der Waals surface area contributed by atoms with Gasteiger partial charge in [0.15, 0.2) is 0 Å². The number of fused-ring (bicyclic) bond motifs is 5. The largest absolute Gasteiger partial charge is 0.508 e. The number of carbonyl (C=O) groups excluding carboxylic acids is 4. The van der Waals surface area contributed by atoms with Gasteiger partial charge in [0.1, 0.15) is 34.9 Å². The minimum absolute atomic E-state index is 0.00546. The fraction of sp³-hybridized carbons (Fsp3) is 0.761. The van der Waals surface area contributed by atoms with Crippen molar-refractivity contribution in [1.82, 2.24) is 0 Å². The topological polar surface area (TPSA) is 146 Å². The normalized spacial score (nSPS) is 24.1. The van der Waals surface area contributed by atoms with E-state index in [0.29, 0.717) is 29.9 Å². The number of rotatable bonds is 28. The molecule has 7 rings (SSSR count). The first-order valence-corrected chi connectivity index (χ1v) is 31.4. The maximum atomic E-state index is 13.7. The van der Waals surface area contributed by atoms with Crippen LogP contribution in [-0.4, -0.2) is 57.5 Å². The minimum atomic E-state index is -0.481. The second-order valence-electron chi connectivity index (χ2n) is 25.8. The fourth-order valence-electron chi connectivity index (χ4n) is 14.4. The van der Waals surface area contributed by atoms with Crippen LogP contribution in [0.3, 0.4) is 0 Å². The number of phenols is 2. The molecule has 432 valence electrons. The van der Waals surface area contributed by atoms with Crippen LogP contribution in [0.5, 0.6) is 11.5 Å². The van der Waals surface area contributed by atoms with Crippen LogP contribution in [0.1, 0.15) is 265 Å². The van der Waals surface area contributed by atoms with Crippen molar-refractivity contribution < 1.29 is 48.3 Å². The lowest BCUT2D eigenvalue weighted by molar-refractivity contribution is -0.164. The van der Waals surface area contributed by atoms with Crippen LogP contribution in [0.15, 0.2) is 48.5 Å². The number of esters is 4. The number of ether oxygens (including phenoxy) is 4. The van der Waals surface area contributed by atoms with Crippen molar-refractivity contribution in [2.45, 2.75) is 277 Å². The van der Waals surface area contributed by atoms with Crippen molar-refractivity contribution in [3.8, 4) is 11.5 Å². The molecule has 10 heteroatoms. The number of hydrogen-bond acceptors (Lipinski definition) is 10. The summed E-state index contributed by atoms with van der Waals surface area (Å²) < 4.78 is 23.9. The molecule has 5 saturated carbocycles. The van der Waals surface area contributed by atoms with Gasteiger partial charge in [-0.25, -0.2) is 0 Å². The molecule has 11 unspecified atom stereocenters. The first-order valence-electron chi connectivity index (χ1n) is 31.4. The number of benzene rings is 2. The van der Waals surface area contributed by atoms with E-state index < -0.39 is 5.60 Å². The SMILES string of the molecule is CCC(CCCC(CCCC(C)C(=O)OC(C)(C)C)C(=O)OC1CCCCC1)c1ccc(O)cc1.CCC(CCCC(CCCC(C)C(=O)OC1(CC)CCCC1)C(=O)OC1CC2CC1C1CCCC21)c1ccc(O)cc1. The third-order valence-corrected chi connectivity index (χ3v) is 19.1. The Balaban J connectivity index is 0.000000254. The van der Waals surface area contributed by atoms with E-state index in [0.717, 1.165) is 165 Å². The maximum absolute atomic E-state index is 13.7. The third-order valence-electron chi connectivity index (χ3n) is 19.1. The van der Waals surface area contributed by atoms with Gasteiger partial charge in [0.2, 0.25) is 0 Å². The van der Waals surface area contributed by atoms with Crippen molar-refractivity contribution >= 4 is 23.9 Å². The molecule has 0 radical (unpaired) electrons. The summed E-state index contributed by atoms with van der Waals surface area (Å²) in [7, 11) is 0. The van der Waals surface area contributed by atoms with Crippen LogP contribution < -0.4 is 0 Å². The summed E-state index contributed by atoms with van der Waals surface area (Å²) in [6.07, 6.45) is 29.5. The number of hydrogen-bond donors (Lipinski definition) is 2. The van der Waals surface area contributed by atoms with E-state index >= 15 is 0 Å². The summed E-state index contributed by atoms with van der Waals surface area (Å²) >= 11 is 0. The standard InChI is InChI=1S/C37H56O5.C30H48O5/c1-4-26(27-17-19-30(38)20-18-27)12-9-14-28(13-8-11-25(3)35(39)42-37(5-2)21-6-7-22-37)36(40)41-34-24-29-23-33(34)32-16-10-15-31(29)32;1-6-23(24-18-20-26(31)21-19-24)13-11-15-25(29(33)34-27-16-8-7-9-17-27)14-10-12-22(2)28(32)35-30(3,4)5/h17-20,25-26,28-29,31-34,38H,4-16,21-24H2,1-3H3;18-23,25,27,31H,6-17H2,1-5H3. The Hall–Kier alpha value is -4.08. The Bertz CT molecular complexity index is 2080. The molecule has 77 heavy (non-hydrogen) atoms. The summed E-state index contributed by atoms with van der Waals surface area (Å²) in [4.78, 5) is 52.1. The molecule has 11 atom stereocenters. The lowest BCUT2D eigenvalue weighted by Crippen LogP contribution is -2.34. The Morgan fingerprint density at radius 3 is 1.52 bits per heavy atom. The van der Waals surface area contributed by atoms with Gasteiger partial charge >= 0.3 is 23.9 Å². The number of phenolic OH excluding ortho intramolecular Hbond substituents is 2. The van der Waals surface area contributed by atoms with Crippen molar-refractivity contribution in [1.29, 1.82) is 0 Å². The maximum Gasteiger partial charge on any atom is 0.309 e. The molecule has 2 bridgehead atoms. The van der Waals surface area contributed by atoms with Crippen LogP contribution in [0, 0.1) is 47.3 Å². The zero-order valence-electron chi connectivity index (χ0n) is 49.2. The molecule has 5 fully saturated rings. The van der Waals surface area contributed by atoms with E-state index in [4.69, 9.17) is 18.9 Å². The van der Waals surface area contributed by atoms with E-state index in [-0.39, 0.29) is 71.1 Å². The van der Waals surface area contributed by atoms with Crippen LogP contribution in [0.2, 0.25) is 0 Å². The van der Waals surface area contributed by atoms with Crippen LogP contribution >= 0.6 is 0 Å². The highest BCUT2D eigenvalue weighted by Gasteiger charge is 2.55. The highest BCUT2D eigenvalue weighted by atomic mass is 16.6. The smallest absolute Gasteiger partial charge is 0.309 e. The van der Waals surface area contributed by atoms with Crippen molar-refractivity contribution in [2.75, 3.05) is 0 Å². The minimum Gasteiger partial charge on any atom is -0.508 e. The monoisotopic (exact) mass is 1070 g/mol. The first-order chi connectivity index (χ1) is 36.9. The van der Waals surface area contributed by atoms with Crippen LogP contribution in [0.4, 0.5) is 0 Å². The van der Waals surface area contributed by atoms with E-state index in [9.17, 15) is 29.4 Å². The molecule has 0 amide bonds. The average molecular weight is 1070 g/mol. The predicted molar refractivity (Wildman–Crippen MR) is 306 cm³/mol. The summed E-state index contributed by atoms with van der Waals surface area (Å²) in [6, 6.07) is 15.1. The summed E-state index contributed by atoms with van der Waals surface area (Å²) in [5.74, 6) is 3.61. The molecule has 0 aliphatic heterocycles. The van der Waals surface area contributed by atoms with Crippen LogP contribution in [-0.2, 0) is 38.1 Å². The molecular weight excluding hydrogens is 965 g/mol. The molecule has 2 aromatic carbocycles. The average Bonchev–Trinajstić information content (AvgIpc) is 4.28. The molecule has 0 spiro atoms. The van der Waals surface area contributed by atoms with E-state index in [1.165, 1.54) is 43.2 Å². The van der Waals surface area contributed by atoms with Crippen molar-refractivity contribution in [3.63, 3.8) is 0 Å². The Kier molecular flexibility index (Phi) is 24.6. The van der Waals surface area contributed by atoms with E-state index in [1.54, 1.807) is 24.3 Å². The van der Waals surface area contributed by atoms with Gasteiger partial charge in [-0.05, 0) is 239 Å². The molecular formula is C67H104O10. The lowest BCUT2D eigenvalue weighted by atomic mass is 9.80. The molecule has 2 N–H and O–H groups in total. The van der Waals surface area contributed by atoms with Gasteiger partial charge in [0, 0.05) is 0 Å². The van der Waals surface area contributed by atoms with Gasteiger partial charge in [0.25, 0.3) is 0 Å². The molecule has 2 aromatic rings. The number of aromatic hydroxyl groups is 2. The molecule has 0 saturated heterocycles. The Morgan fingerprint density at radius 1 is 0.545 bits per heavy atom. The molecule has 0 aromatic heterocycles. The van der Waals surface area contributed by atoms with Gasteiger partial charge < -0.3 is 29.2 Å².